The van der Waals surface area contributed by atoms with Crippen molar-refractivity contribution < 1.29 is 76.4 Å². The molecule has 10 rings (SSSR count). The van der Waals surface area contributed by atoms with Gasteiger partial charge in [0.1, 0.15) is 64.9 Å². The number of esters is 2. The quantitative estimate of drug-likeness (QED) is 0.0222. The number of hydrogen-bond acceptors (Lipinski definition) is 19. The highest BCUT2D eigenvalue weighted by Gasteiger charge is 2.53. The molecular formula is C80H126FN13O15. The van der Waals surface area contributed by atoms with Crippen molar-refractivity contribution in [3.05, 3.63) is 61.2 Å². The minimum Gasteiger partial charge on any atom is -0.467 e. The number of amides is 9. The van der Waals surface area contributed by atoms with Crippen LogP contribution in [0, 0.1) is 53.3 Å². The van der Waals surface area contributed by atoms with Gasteiger partial charge in [-0.25, -0.2) is 24.4 Å². The van der Waals surface area contributed by atoms with Crippen LogP contribution in [0.25, 0.3) is 0 Å². The summed E-state index contributed by atoms with van der Waals surface area (Å²) < 4.78 is 15.8. The maximum Gasteiger partial charge on any atom is 0.411 e. The molecule has 2 aromatic heterocycles. The highest BCUT2D eigenvalue weighted by molar-refractivity contribution is 6.38. The number of hydrogen-bond donors (Lipinski definition) is 6. The van der Waals surface area contributed by atoms with E-state index in [4.69, 9.17) is 14.2 Å². The Hall–Kier alpha value is -8.53. The largest absolute Gasteiger partial charge is 0.467 e. The van der Waals surface area contributed by atoms with Gasteiger partial charge >= 0.3 is 18.0 Å². The highest BCUT2D eigenvalue weighted by Crippen LogP contribution is 2.47. The second-order valence-electron chi connectivity index (χ2n) is 32.7. The Morgan fingerprint density at radius 1 is 0.541 bits per heavy atom. The average Bonchev–Trinajstić information content (AvgIpc) is 1.63. The van der Waals surface area contributed by atoms with Gasteiger partial charge < -0.3 is 55.9 Å². The van der Waals surface area contributed by atoms with Crippen molar-refractivity contribution in [3.63, 3.8) is 0 Å². The van der Waals surface area contributed by atoms with E-state index < -0.39 is 107 Å². The maximum absolute atomic E-state index is 14.3. The van der Waals surface area contributed by atoms with Crippen LogP contribution in [0.2, 0.25) is 0 Å². The van der Waals surface area contributed by atoms with Crippen molar-refractivity contribution in [2.45, 2.75) is 291 Å². The number of methoxy groups -OCH3 is 1. The van der Waals surface area contributed by atoms with Gasteiger partial charge in [0, 0.05) is 56.4 Å². The molecule has 3 aliphatic heterocycles. The van der Waals surface area contributed by atoms with Gasteiger partial charge in [-0.15, -0.1) is 6.58 Å². The number of Topliss-reactive ketones (excluding diaryl/α,β-unsaturated/α-hetero) is 1. The van der Waals surface area contributed by atoms with Crippen molar-refractivity contribution in [1.29, 1.82) is 0 Å². The zero-order valence-electron chi connectivity index (χ0n) is 64.8. The number of ketones is 1. The lowest BCUT2D eigenvalue weighted by molar-refractivity contribution is -0.165. The zero-order chi connectivity index (χ0) is 77.3. The molecule has 109 heavy (non-hydrogen) atoms. The summed E-state index contributed by atoms with van der Waals surface area (Å²) in [6.45, 7) is 25.2. The molecule has 0 radical (unpaired) electrons. The predicted molar refractivity (Wildman–Crippen MR) is 408 cm³/mol. The van der Waals surface area contributed by atoms with Crippen molar-refractivity contribution in [2.24, 2.45) is 53.3 Å². The molecule has 608 valence electrons. The first-order valence-electron chi connectivity index (χ1n) is 38.8. The molecule has 0 aromatic carbocycles. The Kier molecular flexibility index (Phi) is 34.7. The third-order valence-electron chi connectivity index (χ3n) is 21.4. The van der Waals surface area contributed by atoms with Crippen LogP contribution in [0.3, 0.4) is 0 Å². The molecule has 5 saturated carbocycles. The first-order valence-corrected chi connectivity index (χ1v) is 38.8. The summed E-state index contributed by atoms with van der Waals surface area (Å²) in [4.78, 5) is 180. The molecule has 29 heteroatoms. The van der Waals surface area contributed by atoms with E-state index in [1.165, 1.54) is 49.2 Å². The number of likely N-dealkylation sites (tertiary alicyclic amines) is 3. The molecule has 0 bridgehead atoms. The zero-order valence-corrected chi connectivity index (χ0v) is 64.8. The predicted octanol–water partition coefficient (Wildman–Crippen LogP) is 8.72. The molecular weight excluding hydrogens is 1400 g/mol. The molecule has 2 aromatic rings. The average molecular weight is 1530 g/mol. The normalized spacial score (nSPS) is 22.7. The van der Waals surface area contributed by atoms with E-state index in [1.807, 2.05) is 55.4 Å². The number of ether oxygens (including phenoxy) is 3. The first kappa shape index (κ1) is 91.1. The number of halogens is 1. The number of carbonyl (C=O) groups is 12. The van der Waals surface area contributed by atoms with Crippen molar-refractivity contribution in [1.82, 2.24) is 66.5 Å². The van der Waals surface area contributed by atoms with Crippen LogP contribution in [0.5, 0.6) is 0 Å². The van der Waals surface area contributed by atoms with Crippen LogP contribution in [-0.2, 0) is 57.4 Å². The summed E-state index contributed by atoms with van der Waals surface area (Å²) in [6.07, 6.45) is 27.6. The smallest absolute Gasteiger partial charge is 0.411 e. The summed E-state index contributed by atoms with van der Waals surface area (Å²) in [6, 6.07) is -6.50. The van der Waals surface area contributed by atoms with Crippen LogP contribution in [0.4, 0.5) is 9.50 Å². The summed E-state index contributed by atoms with van der Waals surface area (Å²) in [5, 5.41) is 17.3. The number of carbonyl (C=O) groups excluding carboxylic acids is 12. The van der Waals surface area contributed by atoms with E-state index in [2.05, 4.69) is 58.4 Å². The van der Waals surface area contributed by atoms with Gasteiger partial charge in [-0.05, 0) is 179 Å². The summed E-state index contributed by atoms with van der Waals surface area (Å²) in [5.74, 6) is -5.07. The van der Waals surface area contributed by atoms with Gasteiger partial charge in [-0.3, -0.25) is 62.7 Å². The number of rotatable bonds is 26. The fourth-order valence-electron chi connectivity index (χ4n) is 15.5. The van der Waals surface area contributed by atoms with Crippen LogP contribution in [-0.4, -0.2) is 198 Å². The SMILES string of the molecule is C.C.C=C[C@H]1CCN(C(=O)OC(C)(C)C)[C@@H]1C(=O)OC.CC(C)[C@H](NC(=O)[C@@H](NC(=O)c1cnccn1)C1CCCCC1)C(=O)N1CC[C@H](C2CC2)[C@H]1C(=O)OC(C)(C)C.CCC[C@H](NC(=O)[C@@H]1[C@@H](C2CC2)CCN1C(=O)[C@@H](NC(=O)[C@@H](NC(=O)c1cnccn1)C1CCCCC1)C(C)C)C(=O)C(=O)NC1CC1.F. The third-order valence-corrected chi connectivity index (χ3v) is 21.4. The number of nitrogens with zero attached hydrogens (tertiary/aromatic N) is 7. The number of aromatic nitrogens is 4. The molecule has 8 fully saturated rings. The van der Waals surface area contributed by atoms with E-state index in [9.17, 15) is 57.5 Å². The van der Waals surface area contributed by atoms with E-state index in [-0.39, 0.29) is 102 Å². The van der Waals surface area contributed by atoms with E-state index >= 15 is 0 Å². The van der Waals surface area contributed by atoms with Crippen LogP contribution in [0.1, 0.15) is 247 Å². The lowest BCUT2D eigenvalue weighted by Gasteiger charge is -2.35. The molecule has 6 N–H and O–H groups in total. The maximum atomic E-state index is 14.3. The lowest BCUT2D eigenvalue weighted by atomic mass is 9.83. The van der Waals surface area contributed by atoms with E-state index in [0.717, 1.165) is 109 Å². The Morgan fingerprint density at radius 2 is 0.982 bits per heavy atom. The standard InChI is InChI=1S/C35H51N7O6.C30H45N5O5.C13H21NO4.2CH4.FH/c1-4-8-25(30(43)34(47)38-23-13-14-23)39-33(46)29-24(21-11-12-21)15-18-42(29)35(48)27(20(2)3)40-32(45)28(22-9-6-5-7-10-22)41-31(44)26-19-36-16-17-37-26;1-18(2)23(28(38)35-16-13-21(19-11-12-19)25(35)29(39)40-30(3,4)5)33-27(37)24(20-9-7-6-8-10-20)34-26(36)22-17-31-14-15-32-22;1-6-9-7-8-14(10(9)11(15)17-5)12(16)18-13(2,3)4;;;/h16-17,19-25,27-29H,4-15,18H2,1-3H3,(H,38,47)(H,39,46)(H,40,45)(H,41,44);14-15,17-21,23-25H,6-13,16H2,1-5H3,(H,33,37)(H,34,36);6,9-10H,1,7-8H2,2-5H3;2*1H4;1H/t24-,25+,27+,28+,29+;21-,23+,24+,25+;9-,10-;;;/m110.../s1. The van der Waals surface area contributed by atoms with E-state index in [0.29, 0.717) is 57.2 Å². The molecule has 8 aliphatic rings. The Bertz CT molecular complexity index is 3400. The van der Waals surface area contributed by atoms with Gasteiger partial charge in [-0.2, -0.15) is 0 Å². The van der Waals surface area contributed by atoms with E-state index in [1.54, 1.807) is 36.6 Å². The minimum atomic E-state index is -0.978. The van der Waals surface area contributed by atoms with Crippen molar-refractivity contribution in [3.8, 4) is 0 Å². The van der Waals surface area contributed by atoms with Crippen molar-refractivity contribution in [2.75, 3.05) is 26.7 Å². The second kappa shape index (κ2) is 41.5. The molecule has 28 nitrogen and oxygen atoms in total. The Labute approximate surface area is 644 Å². The minimum absolute atomic E-state index is 0. The highest BCUT2D eigenvalue weighted by atomic mass is 19.0. The molecule has 5 heterocycles. The first-order chi connectivity index (χ1) is 50.3. The second-order valence-corrected chi connectivity index (χ2v) is 32.7. The summed E-state index contributed by atoms with van der Waals surface area (Å²) in [7, 11) is 1.31. The van der Waals surface area contributed by atoms with Gasteiger partial charge in [0.05, 0.1) is 25.5 Å². The Morgan fingerprint density at radius 3 is 1.37 bits per heavy atom. The number of nitrogens with one attached hydrogen (secondary N) is 6. The molecule has 5 aliphatic carbocycles. The molecule has 3 saturated heterocycles. The van der Waals surface area contributed by atoms with Crippen LogP contribution < -0.4 is 31.9 Å². The summed E-state index contributed by atoms with van der Waals surface area (Å²) >= 11 is 0. The molecule has 11 atom stereocenters. The van der Waals surface area contributed by atoms with Gasteiger partial charge in [-0.1, -0.05) is 100 Å². The van der Waals surface area contributed by atoms with Gasteiger partial charge in [0.2, 0.25) is 35.3 Å². The summed E-state index contributed by atoms with van der Waals surface area (Å²) in [5.41, 5.74) is -1.01. The molecule has 0 spiro atoms. The topological polar surface area (TPSA) is 366 Å². The van der Waals surface area contributed by atoms with Crippen molar-refractivity contribution >= 4 is 71.1 Å². The van der Waals surface area contributed by atoms with Crippen LogP contribution >= 0.6 is 0 Å². The third kappa shape index (κ3) is 25.5. The fourth-order valence-corrected chi connectivity index (χ4v) is 15.5. The molecule has 0 unspecified atom stereocenters. The van der Waals surface area contributed by atoms with Crippen LogP contribution in [0.15, 0.2) is 49.8 Å². The van der Waals surface area contributed by atoms with Gasteiger partial charge in [0.25, 0.3) is 17.7 Å². The Balaban J connectivity index is 0.000000315. The van der Waals surface area contributed by atoms with Gasteiger partial charge in [0.15, 0.2) is 0 Å². The fraction of sp³-hybridized carbons (Fsp3) is 0.725. The lowest BCUT2D eigenvalue weighted by Crippen LogP contribution is -2.61. The monoisotopic (exact) mass is 1530 g/mol. The molecule has 9 amide bonds.